The van der Waals surface area contributed by atoms with Crippen LogP contribution in [0.15, 0.2) is 0 Å². The number of aromatic nitrogens is 6. The lowest BCUT2D eigenvalue weighted by molar-refractivity contribution is 0.807. The lowest BCUT2D eigenvalue weighted by Gasteiger charge is -2.24. The quantitative estimate of drug-likeness (QED) is 0.620. The highest BCUT2D eigenvalue weighted by Gasteiger charge is 2.21. The predicted octanol–water partition coefficient (Wildman–Crippen LogP) is -0.583. The second kappa shape index (κ2) is 8.78. The molecule has 0 saturated carbocycles. The van der Waals surface area contributed by atoms with E-state index in [-0.39, 0.29) is 0 Å². The van der Waals surface area contributed by atoms with Crippen LogP contribution >= 0.6 is 0 Å². The molecule has 0 saturated heterocycles. The first-order valence-electron chi connectivity index (χ1n) is 8.83. The SMILES string of the molecule is CN(C)c1nc(N(C)C)nc(N(CCN)c2nc(N(C)C)nc(N(C)C)n2)n1. The minimum Gasteiger partial charge on any atom is -0.347 e. The summed E-state index contributed by atoms with van der Waals surface area (Å²) >= 11 is 0. The van der Waals surface area contributed by atoms with Crippen LogP contribution in [0.2, 0.25) is 0 Å². The smallest absolute Gasteiger partial charge is 0.238 e. The Bertz CT molecular complexity index is 673. The number of anilines is 6. The van der Waals surface area contributed by atoms with Crippen LogP contribution in [0.5, 0.6) is 0 Å². The van der Waals surface area contributed by atoms with Gasteiger partial charge in [0.1, 0.15) is 0 Å². The van der Waals surface area contributed by atoms with Gasteiger partial charge >= 0.3 is 0 Å². The average Bonchev–Trinajstić information content (AvgIpc) is 2.65. The average molecular weight is 391 g/mol. The lowest BCUT2D eigenvalue weighted by Crippen LogP contribution is -2.31. The van der Waals surface area contributed by atoms with Gasteiger partial charge in [0.05, 0.1) is 0 Å². The molecule has 0 atom stereocenters. The molecule has 0 spiro atoms. The summed E-state index contributed by atoms with van der Waals surface area (Å²) in [5.41, 5.74) is 5.87. The van der Waals surface area contributed by atoms with Crippen molar-refractivity contribution in [1.29, 1.82) is 0 Å². The van der Waals surface area contributed by atoms with Crippen molar-refractivity contribution in [3.63, 3.8) is 0 Å². The zero-order valence-electron chi connectivity index (χ0n) is 17.9. The molecule has 0 unspecified atom stereocenters. The first kappa shape index (κ1) is 21.3. The van der Waals surface area contributed by atoms with E-state index in [0.29, 0.717) is 48.8 Å². The Morgan fingerprint density at radius 3 is 0.964 bits per heavy atom. The van der Waals surface area contributed by atoms with Crippen molar-refractivity contribution in [2.24, 2.45) is 5.73 Å². The maximum Gasteiger partial charge on any atom is 0.238 e. The van der Waals surface area contributed by atoms with E-state index in [4.69, 9.17) is 5.73 Å². The van der Waals surface area contributed by atoms with E-state index in [2.05, 4.69) is 29.9 Å². The van der Waals surface area contributed by atoms with Crippen LogP contribution in [0.1, 0.15) is 0 Å². The molecule has 2 aromatic rings. The third-order valence-corrected chi connectivity index (χ3v) is 3.64. The van der Waals surface area contributed by atoms with Crippen molar-refractivity contribution in [2.45, 2.75) is 0 Å². The van der Waals surface area contributed by atoms with E-state index in [0.717, 1.165) is 0 Å². The largest absolute Gasteiger partial charge is 0.347 e. The van der Waals surface area contributed by atoms with E-state index < -0.39 is 0 Å². The molecule has 12 heteroatoms. The third kappa shape index (κ3) is 4.82. The molecule has 2 N–H and O–H groups in total. The fraction of sp³-hybridized carbons (Fsp3) is 0.625. The van der Waals surface area contributed by atoms with Crippen LogP contribution in [-0.4, -0.2) is 99.4 Å². The number of nitrogens with zero attached hydrogens (tertiary/aromatic N) is 11. The van der Waals surface area contributed by atoms with Gasteiger partial charge in [-0.15, -0.1) is 0 Å². The number of hydrogen-bond donors (Lipinski definition) is 1. The van der Waals surface area contributed by atoms with Gasteiger partial charge in [-0.25, -0.2) is 0 Å². The van der Waals surface area contributed by atoms with Crippen molar-refractivity contribution in [3.05, 3.63) is 0 Å². The molecule has 0 fully saturated rings. The van der Waals surface area contributed by atoms with Crippen molar-refractivity contribution in [3.8, 4) is 0 Å². The molecule has 0 aromatic carbocycles. The number of hydrogen-bond acceptors (Lipinski definition) is 12. The Kier molecular flexibility index (Phi) is 6.67. The molecule has 0 aliphatic heterocycles. The predicted molar refractivity (Wildman–Crippen MR) is 113 cm³/mol. The molecule has 2 heterocycles. The monoisotopic (exact) mass is 390 g/mol. The fourth-order valence-electron chi connectivity index (χ4n) is 2.15. The van der Waals surface area contributed by atoms with Crippen molar-refractivity contribution < 1.29 is 0 Å². The van der Waals surface area contributed by atoms with Crippen LogP contribution in [0.3, 0.4) is 0 Å². The Hall–Kier alpha value is -3.02. The molecule has 0 bridgehead atoms. The van der Waals surface area contributed by atoms with Crippen molar-refractivity contribution in [2.75, 3.05) is 94.0 Å². The van der Waals surface area contributed by atoms with Crippen LogP contribution in [0.4, 0.5) is 35.7 Å². The zero-order valence-corrected chi connectivity index (χ0v) is 17.9. The van der Waals surface area contributed by atoms with Gasteiger partial charge in [0.2, 0.25) is 35.7 Å². The van der Waals surface area contributed by atoms with Crippen molar-refractivity contribution in [1.82, 2.24) is 29.9 Å². The summed E-state index contributed by atoms with van der Waals surface area (Å²) in [6, 6.07) is 0. The molecule has 12 nitrogen and oxygen atoms in total. The minimum absolute atomic E-state index is 0.376. The highest BCUT2D eigenvalue weighted by Crippen LogP contribution is 2.24. The Morgan fingerprint density at radius 1 is 0.500 bits per heavy atom. The Morgan fingerprint density at radius 2 is 0.750 bits per heavy atom. The number of nitrogens with two attached hydrogens (primary N) is 1. The topological polar surface area (TPSA) is 120 Å². The highest BCUT2D eigenvalue weighted by atomic mass is 15.4. The van der Waals surface area contributed by atoms with E-state index >= 15 is 0 Å². The van der Waals surface area contributed by atoms with Crippen LogP contribution in [-0.2, 0) is 0 Å². The van der Waals surface area contributed by atoms with E-state index in [1.54, 1.807) is 4.90 Å². The first-order valence-corrected chi connectivity index (χ1v) is 8.83. The number of rotatable bonds is 8. The second-order valence-corrected chi connectivity index (χ2v) is 6.99. The Balaban J connectivity index is 2.66. The summed E-state index contributed by atoms with van der Waals surface area (Å²) < 4.78 is 0. The van der Waals surface area contributed by atoms with E-state index in [1.165, 1.54) is 0 Å². The summed E-state index contributed by atoms with van der Waals surface area (Å²) in [5, 5.41) is 0. The summed E-state index contributed by atoms with van der Waals surface area (Å²) in [6.07, 6.45) is 0. The molecule has 0 aliphatic carbocycles. The van der Waals surface area contributed by atoms with Gasteiger partial charge in [-0.1, -0.05) is 0 Å². The second-order valence-electron chi connectivity index (χ2n) is 6.99. The van der Waals surface area contributed by atoms with Crippen LogP contribution < -0.4 is 30.2 Å². The molecule has 2 aromatic heterocycles. The molecular formula is C16H30N12. The third-order valence-electron chi connectivity index (χ3n) is 3.64. The van der Waals surface area contributed by atoms with Crippen LogP contribution in [0, 0.1) is 0 Å². The minimum atomic E-state index is 0.376. The summed E-state index contributed by atoms with van der Waals surface area (Å²) in [7, 11) is 15.0. The molecule has 0 radical (unpaired) electrons. The molecular weight excluding hydrogens is 360 g/mol. The van der Waals surface area contributed by atoms with Gasteiger partial charge in [-0.05, 0) is 0 Å². The maximum atomic E-state index is 5.87. The van der Waals surface area contributed by atoms with E-state index in [1.807, 2.05) is 76.0 Å². The summed E-state index contributed by atoms with van der Waals surface area (Å²) in [5.74, 6) is 2.98. The maximum absolute atomic E-state index is 5.87. The molecule has 2 rings (SSSR count). The van der Waals surface area contributed by atoms with Crippen LogP contribution in [0.25, 0.3) is 0 Å². The standard InChI is InChI=1S/C16H30N12/c1-24(2)11-18-12(25(3)4)21-15(20-11)28(10-9-17)16-22-13(26(5)6)19-14(23-16)27(7)8/h9-10,17H2,1-8H3. The van der Waals surface area contributed by atoms with Gasteiger partial charge in [0, 0.05) is 69.5 Å². The summed E-state index contributed by atoms with van der Waals surface area (Å²) in [4.78, 5) is 36.3. The van der Waals surface area contributed by atoms with Crippen molar-refractivity contribution >= 4 is 35.7 Å². The van der Waals surface area contributed by atoms with Gasteiger partial charge in [-0.2, -0.15) is 29.9 Å². The zero-order chi connectivity index (χ0) is 21.0. The molecule has 0 aliphatic rings. The molecule has 28 heavy (non-hydrogen) atoms. The Labute approximate surface area is 166 Å². The van der Waals surface area contributed by atoms with Gasteiger partial charge in [0.15, 0.2) is 0 Å². The van der Waals surface area contributed by atoms with Gasteiger partial charge < -0.3 is 25.3 Å². The highest BCUT2D eigenvalue weighted by molar-refractivity contribution is 5.56. The fourth-order valence-corrected chi connectivity index (χ4v) is 2.15. The lowest BCUT2D eigenvalue weighted by atomic mass is 10.5. The molecule has 0 amide bonds. The first-order chi connectivity index (χ1) is 13.1. The van der Waals surface area contributed by atoms with Gasteiger partial charge in [-0.3, -0.25) is 4.90 Å². The van der Waals surface area contributed by atoms with E-state index in [9.17, 15) is 0 Å². The molecule has 154 valence electrons. The van der Waals surface area contributed by atoms with Gasteiger partial charge in [0.25, 0.3) is 0 Å². The normalized spacial score (nSPS) is 10.6. The summed E-state index contributed by atoms with van der Waals surface area (Å²) in [6.45, 7) is 0.814.